The maximum atomic E-state index is 9.45. The van der Waals surface area contributed by atoms with Crippen molar-refractivity contribution in [2.45, 2.75) is 25.4 Å². The summed E-state index contributed by atoms with van der Waals surface area (Å²) < 4.78 is 4.91. The minimum Gasteiger partial charge on any atom is -0.392 e. The molecule has 2 N–H and O–H groups in total. The Morgan fingerprint density at radius 1 is 1.58 bits per heavy atom. The van der Waals surface area contributed by atoms with E-state index in [0.29, 0.717) is 5.92 Å². The number of rotatable bonds is 7. The first kappa shape index (κ1) is 9.96. The van der Waals surface area contributed by atoms with Crippen LogP contribution in [0.3, 0.4) is 0 Å². The van der Waals surface area contributed by atoms with Crippen molar-refractivity contribution in [1.29, 1.82) is 0 Å². The summed E-state index contributed by atoms with van der Waals surface area (Å²) in [7, 11) is 1.71. The molecule has 1 unspecified atom stereocenters. The number of aliphatic hydroxyl groups excluding tert-OH is 1. The zero-order chi connectivity index (χ0) is 8.81. The summed E-state index contributed by atoms with van der Waals surface area (Å²) in [4.78, 5) is 0. The summed E-state index contributed by atoms with van der Waals surface area (Å²) in [6.45, 7) is 2.48. The lowest BCUT2D eigenvalue weighted by molar-refractivity contribution is 0.146. The van der Waals surface area contributed by atoms with Crippen LogP contribution in [-0.2, 0) is 4.74 Å². The molecule has 0 aromatic carbocycles. The third-order valence-corrected chi connectivity index (χ3v) is 2.22. The summed E-state index contributed by atoms with van der Waals surface area (Å²) in [6.07, 6.45) is 3.32. The van der Waals surface area contributed by atoms with Crippen LogP contribution in [0.15, 0.2) is 0 Å². The van der Waals surface area contributed by atoms with Gasteiger partial charge in [-0.1, -0.05) is 0 Å². The minimum absolute atomic E-state index is 0.118. The van der Waals surface area contributed by atoms with E-state index in [0.717, 1.165) is 26.1 Å². The second-order valence-electron chi connectivity index (χ2n) is 3.46. The SMILES string of the molecule is COCCCNCC(O)C1CC1. The second kappa shape index (κ2) is 5.51. The molecule has 0 bridgehead atoms. The minimum atomic E-state index is -0.118. The van der Waals surface area contributed by atoms with Crippen molar-refractivity contribution in [3.8, 4) is 0 Å². The fraction of sp³-hybridized carbons (Fsp3) is 1.00. The van der Waals surface area contributed by atoms with Gasteiger partial charge >= 0.3 is 0 Å². The Bertz CT molecular complexity index is 115. The lowest BCUT2D eigenvalue weighted by Crippen LogP contribution is -2.29. The maximum absolute atomic E-state index is 9.45. The van der Waals surface area contributed by atoms with Crippen LogP contribution >= 0.6 is 0 Å². The molecule has 12 heavy (non-hydrogen) atoms. The fourth-order valence-corrected chi connectivity index (χ4v) is 1.24. The highest BCUT2D eigenvalue weighted by molar-refractivity contribution is 4.81. The number of hydrogen-bond donors (Lipinski definition) is 2. The van der Waals surface area contributed by atoms with Crippen LogP contribution in [-0.4, -0.2) is 38.0 Å². The molecule has 0 heterocycles. The van der Waals surface area contributed by atoms with Crippen molar-refractivity contribution in [2.24, 2.45) is 5.92 Å². The molecule has 0 spiro atoms. The first-order chi connectivity index (χ1) is 5.84. The molecule has 1 aliphatic rings. The standard InChI is InChI=1S/C9H19NO2/c1-12-6-2-5-10-7-9(11)8-3-4-8/h8-11H,2-7H2,1H3. The van der Waals surface area contributed by atoms with E-state index in [1.807, 2.05) is 0 Å². The van der Waals surface area contributed by atoms with Gasteiger partial charge in [-0.05, 0) is 31.7 Å². The van der Waals surface area contributed by atoms with Crippen LogP contribution in [0, 0.1) is 5.92 Å². The Labute approximate surface area is 74.1 Å². The molecule has 0 aromatic heterocycles. The van der Waals surface area contributed by atoms with E-state index >= 15 is 0 Å². The van der Waals surface area contributed by atoms with Crippen LogP contribution in [0.25, 0.3) is 0 Å². The van der Waals surface area contributed by atoms with Gasteiger partial charge in [0.05, 0.1) is 6.10 Å². The van der Waals surface area contributed by atoms with E-state index in [9.17, 15) is 5.11 Å². The van der Waals surface area contributed by atoms with Crippen molar-refractivity contribution < 1.29 is 9.84 Å². The quantitative estimate of drug-likeness (QED) is 0.547. The zero-order valence-electron chi connectivity index (χ0n) is 7.75. The molecule has 3 nitrogen and oxygen atoms in total. The van der Waals surface area contributed by atoms with Gasteiger partial charge in [0, 0.05) is 20.3 Å². The van der Waals surface area contributed by atoms with Crippen molar-refractivity contribution in [3.05, 3.63) is 0 Å². The van der Waals surface area contributed by atoms with E-state index in [4.69, 9.17) is 4.74 Å². The van der Waals surface area contributed by atoms with Crippen molar-refractivity contribution in [1.82, 2.24) is 5.32 Å². The molecule has 1 aliphatic carbocycles. The average molecular weight is 173 g/mol. The lowest BCUT2D eigenvalue weighted by Gasteiger charge is -2.09. The topological polar surface area (TPSA) is 41.5 Å². The van der Waals surface area contributed by atoms with Crippen LogP contribution in [0.4, 0.5) is 0 Å². The molecule has 1 rings (SSSR count). The number of nitrogens with one attached hydrogen (secondary N) is 1. The molecule has 1 saturated carbocycles. The Morgan fingerprint density at radius 3 is 2.92 bits per heavy atom. The molecular formula is C9H19NO2. The van der Waals surface area contributed by atoms with Gasteiger partial charge in [-0.25, -0.2) is 0 Å². The first-order valence-electron chi connectivity index (χ1n) is 4.72. The summed E-state index contributed by atoms with van der Waals surface area (Å²) in [5.74, 6) is 0.583. The van der Waals surface area contributed by atoms with E-state index < -0.39 is 0 Å². The zero-order valence-corrected chi connectivity index (χ0v) is 7.75. The predicted molar refractivity (Wildman–Crippen MR) is 48.1 cm³/mol. The Balaban J connectivity index is 1.81. The van der Waals surface area contributed by atoms with Crippen molar-refractivity contribution in [2.75, 3.05) is 26.8 Å². The molecule has 0 aromatic rings. The molecular weight excluding hydrogens is 154 g/mol. The van der Waals surface area contributed by atoms with E-state index in [2.05, 4.69) is 5.32 Å². The van der Waals surface area contributed by atoms with Gasteiger partial charge in [-0.2, -0.15) is 0 Å². The monoisotopic (exact) mass is 173 g/mol. The summed E-state index contributed by atoms with van der Waals surface area (Å²) >= 11 is 0. The highest BCUT2D eigenvalue weighted by Crippen LogP contribution is 2.32. The predicted octanol–water partition coefficient (Wildman–Crippen LogP) is 0.383. The maximum Gasteiger partial charge on any atom is 0.0692 e. The van der Waals surface area contributed by atoms with Gasteiger partial charge in [0.15, 0.2) is 0 Å². The summed E-state index contributed by atoms with van der Waals surface area (Å²) in [5, 5.41) is 12.7. The van der Waals surface area contributed by atoms with Crippen molar-refractivity contribution >= 4 is 0 Å². The van der Waals surface area contributed by atoms with Gasteiger partial charge < -0.3 is 15.2 Å². The second-order valence-corrected chi connectivity index (χ2v) is 3.46. The molecule has 0 saturated heterocycles. The Hall–Kier alpha value is -0.120. The molecule has 1 fully saturated rings. The molecule has 1 atom stereocenters. The van der Waals surface area contributed by atoms with Crippen LogP contribution in [0.5, 0.6) is 0 Å². The van der Waals surface area contributed by atoms with Gasteiger partial charge in [0.1, 0.15) is 0 Å². The van der Waals surface area contributed by atoms with E-state index in [1.165, 1.54) is 12.8 Å². The number of aliphatic hydroxyl groups is 1. The number of methoxy groups -OCH3 is 1. The molecule has 0 radical (unpaired) electrons. The summed E-state index contributed by atoms with van der Waals surface area (Å²) in [5.41, 5.74) is 0. The Morgan fingerprint density at radius 2 is 2.33 bits per heavy atom. The van der Waals surface area contributed by atoms with Gasteiger partial charge in [0.25, 0.3) is 0 Å². The average Bonchev–Trinajstić information content (AvgIpc) is 2.86. The van der Waals surface area contributed by atoms with Gasteiger partial charge in [0.2, 0.25) is 0 Å². The number of ether oxygens (including phenoxy) is 1. The van der Waals surface area contributed by atoms with Gasteiger partial charge in [-0.15, -0.1) is 0 Å². The van der Waals surface area contributed by atoms with Crippen molar-refractivity contribution in [3.63, 3.8) is 0 Å². The smallest absolute Gasteiger partial charge is 0.0692 e. The largest absolute Gasteiger partial charge is 0.392 e. The van der Waals surface area contributed by atoms with Crippen LogP contribution in [0.1, 0.15) is 19.3 Å². The molecule has 0 amide bonds. The first-order valence-corrected chi connectivity index (χ1v) is 4.72. The molecule has 72 valence electrons. The molecule has 3 heteroatoms. The normalized spacial score (nSPS) is 19.5. The number of hydrogen-bond acceptors (Lipinski definition) is 3. The highest BCUT2D eigenvalue weighted by atomic mass is 16.5. The third-order valence-electron chi connectivity index (χ3n) is 2.22. The summed E-state index contributed by atoms with van der Waals surface area (Å²) in [6, 6.07) is 0. The fourth-order valence-electron chi connectivity index (χ4n) is 1.24. The Kier molecular flexibility index (Phi) is 4.58. The van der Waals surface area contributed by atoms with Gasteiger partial charge in [-0.3, -0.25) is 0 Å². The van der Waals surface area contributed by atoms with E-state index in [-0.39, 0.29) is 6.10 Å². The molecule has 0 aliphatic heterocycles. The third kappa shape index (κ3) is 4.04. The van der Waals surface area contributed by atoms with Crippen LogP contribution in [0.2, 0.25) is 0 Å². The van der Waals surface area contributed by atoms with E-state index in [1.54, 1.807) is 7.11 Å². The van der Waals surface area contributed by atoms with Crippen LogP contribution < -0.4 is 5.32 Å². The lowest BCUT2D eigenvalue weighted by atomic mass is 10.2. The highest BCUT2D eigenvalue weighted by Gasteiger charge is 2.28.